The van der Waals surface area contributed by atoms with E-state index in [-0.39, 0.29) is 37.4 Å². The van der Waals surface area contributed by atoms with Crippen LogP contribution in [0, 0.1) is 15.9 Å². The number of nitrogens with zero attached hydrogens (tertiary/aromatic N) is 1. The van der Waals surface area contributed by atoms with Crippen LogP contribution < -0.4 is 15.0 Å². The maximum atomic E-state index is 13.0. The van der Waals surface area contributed by atoms with Gasteiger partial charge in [0.25, 0.3) is 11.6 Å². The first kappa shape index (κ1) is 20.7. The van der Waals surface area contributed by atoms with Crippen molar-refractivity contribution in [3.63, 3.8) is 0 Å². The Morgan fingerprint density at radius 3 is 2.76 bits per heavy atom. The highest BCUT2D eigenvalue weighted by molar-refractivity contribution is 5.76. The van der Waals surface area contributed by atoms with Crippen molar-refractivity contribution in [2.24, 2.45) is 0 Å². The van der Waals surface area contributed by atoms with Crippen LogP contribution >= 0.6 is 0 Å². The van der Waals surface area contributed by atoms with Crippen LogP contribution in [0.25, 0.3) is 0 Å². The molecule has 2 N–H and O–H groups in total. The molecule has 3 rings (SSSR count). The van der Waals surface area contributed by atoms with Crippen LogP contribution in [0.4, 0.5) is 10.1 Å². The van der Waals surface area contributed by atoms with Crippen LogP contribution in [0.2, 0.25) is 0 Å². The van der Waals surface area contributed by atoms with E-state index in [0.717, 1.165) is 10.5 Å². The number of ether oxygens (including phenoxy) is 2. The van der Waals surface area contributed by atoms with Crippen LogP contribution in [0.1, 0.15) is 23.6 Å². The van der Waals surface area contributed by atoms with E-state index in [9.17, 15) is 19.3 Å². The number of quaternary nitrogens is 1. The molecule has 0 radical (unpaired) electrons. The Morgan fingerprint density at radius 2 is 2.07 bits per heavy atom. The number of amides is 1. The van der Waals surface area contributed by atoms with Gasteiger partial charge in [0.2, 0.25) is 0 Å². The summed E-state index contributed by atoms with van der Waals surface area (Å²) in [4.78, 5) is 24.1. The van der Waals surface area contributed by atoms with Crippen LogP contribution in [-0.4, -0.2) is 30.7 Å². The Balaban J connectivity index is 1.66. The summed E-state index contributed by atoms with van der Waals surface area (Å²) >= 11 is 0. The number of halogens is 1. The number of hydrogen-bond acceptors (Lipinski definition) is 5. The second-order valence-corrected chi connectivity index (χ2v) is 6.82. The van der Waals surface area contributed by atoms with Crippen molar-refractivity contribution in [2.45, 2.75) is 26.6 Å². The Morgan fingerprint density at radius 1 is 1.31 bits per heavy atom. The third-order valence-electron chi connectivity index (χ3n) is 4.74. The van der Waals surface area contributed by atoms with Gasteiger partial charge in [-0.3, -0.25) is 14.9 Å². The molecule has 1 atom stereocenters. The number of carbonyl (C=O) groups excluding carboxylic acids is 1. The van der Waals surface area contributed by atoms with Crippen LogP contribution in [0.5, 0.6) is 5.75 Å². The molecule has 0 aliphatic carbocycles. The summed E-state index contributed by atoms with van der Waals surface area (Å²) in [6, 6.07) is 8.89. The second-order valence-electron chi connectivity index (χ2n) is 6.82. The summed E-state index contributed by atoms with van der Waals surface area (Å²) < 4.78 is 23.7. The highest BCUT2D eigenvalue weighted by atomic mass is 19.1. The molecule has 8 nitrogen and oxygen atoms in total. The molecule has 2 aromatic carbocycles. The maximum absolute atomic E-state index is 13.0. The molecule has 0 spiro atoms. The van der Waals surface area contributed by atoms with E-state index in [1.165, 1.54) is 24.3 Å². The lowest BCUT2D eigenvalue weighted by Crippen LogP contribution is -3.11. The van der Waals surface area contributed by atoms with Gasteiger partial charge >= 0.3 is 0 Å². The Kier molecular flexibility index (Phi) is 6.73. The van der Waals surface area contributed by atoms with E-state index < -0.39 is 4.92 Å². The van der Waals surface area contributed by atoms with Crippen molar-refractivity contribution >= 4 is 11.6 Å². The van der Waals surface area contributed by atoms with Gasteiger partial charge in [0.05, 0.1) is 23.6 Å². The monoisotopic (exact) mass is 404 g/mol. The van der Waals surface area contributed by atoms with Gasteiger partial charge in [0, 0.05) is 24.2 Å². The second kappa shape index (κ2) is 9.44. The fourth-order valence-electron chi connectivity index (χ4n) is 3.19. The molecule has 1 amide bonds. The predicted octanol–water partition coefficient (Wildman–Crippen LogP) is 1.32. The third-order valence-corrected chi connectivity index (χ3v) is 4.74. The number of likely N-dealkylation sites (N-methyl/N-ethyl adjacent to an activating group) is 1. The summed E-state index contributed by atoms with van der Waals surface area (Å²) in [5.74, 6) is 0.115. The molecule has 1 unspecified atom stereocenters. The summed E-state index contributed by atoms with van der Waals surface area (Å²) in [5.41, 5.74) is 2.10. The van der Waals surface area contributed by atoms with E-state index in [2.05, 4.69) is 5.32 Å². The molecule has 0 aromatic heterocycles. The molecule has 9 heteroatoms. The van der Waals surface area contributed by atoms with Gasteiger partial charge in [-0.25, -0.2) is 4.39 Å². The largest absolute Gasteiger partial charge is 0.467 e. The fourth-order valence-corrected chi connectivity index (χ4v) is 3.19. The van der Waals surface area contributed by atoms with E-state index >= 15 is 0 Å². The number of hydrogen-bond donors (Lipinski definition) is 2. The molecule has 0 fully saturated rings. The predicted molar refractivity (Wildman–Crippen MR) is 102 cm³/mol. The van der Waals surface area contributed by atoms with Crippen molar-refractivity contribution in [3.05, 3.63) is 69.0 Å². The number of carbonyl (C=O) groups is 1. The zero-order valence-electron chi connectivity index (χ0n) is 16.1. The SMILES string of the molecule is CC[NH+](CC(=O)NCc1ccc(F)cc1)Cc1cc([N+](=O)[O-])cc2c1OCOC2. The topological polar surface area (TPSA) is 95.1 Å². The normalized spacial score (nSPS) is 13.9. The maximum Gasteiger partial charge on any atom is 0.275 e. The lowest BCUT2D eigenvalue weighted by molar-refractivity contribution is -0.904. The van der Waals surface area contributed by atoms with Gasteiger partial charge in [0.15, 0.2) is 13.3 Å². The van der Waals surface area contributed by atoms with Gasteiger partial charge in [-0.15, -0.1) is 0 Å². The summed E-state index contributed by atoms with van der Waals surface area (Å²) in [7, 11) is 0. The summed E-state index contributed by atoms with van der Waals surface area (Å²) in [6.45, 7) is 3.86. The Labute approximate surface area is 167 Å². The third kappa shape index (κ3) is 5.49. The smallest absolute Gasteiger partial charge is 0.275 e. The fraction of sp³-hybridized carbons (Fsp3) is 0.350. The molecule has 154 valence electrons. The van der Waals surface area contributed by atoms with Crippen LogP contribution in [-0.2, 0) is 29.2 Å². The zero-order chi connectivity index (χ0) is 20.8. The highest BCUT2D eigenvalue weighted by Crippen LogP contribution is 2.32. The minimum Gasteiger partial charge on any atom is -0.467 e. The highest BCUT2D eigenvalue weighted by Gasteiger charge is 2.24. The van der Waals surface area contributed by atoms with Crippen LogP contribution in [0.3, 0.4) is 0 Å². The molecule has 0 saturated heterocycles. The zero-order valence-corrected chi connectivity index (χ0v) is 16.1. The molecular weight excluding hydrogens is 381 g/mol. The van der Waals surface area contributed by atoms with Gasteiger partial charge < -0.3 is 19.7 Å². The van der Waals surface area contributed by atoms with Gasteiger partial charge in [-0.05, 0) is 24.6 Å². The number of nitrogens with one attached hydrogen (secondary N) is 2. The van der Waals surface area contributed by atoms with E-state index in [0.29, 0.717) is 36.5 Å². The summed E-state index contributed by atoms with van der Waals surface area (Å²) in [6.07, 6.45) is 0. The number of nitro groups is 1. The van der Waals surface area contributed by atoms with Gasteiger partial charge in [-0.2, -0.15) is 0 Å². The average molecular weight is 404 g/mol. The van der Waals surface area contributed by atoms with E-state index in [4.69, 9.17) is 9.47 Å². The first-order valence-corrected chi connectivity index (χ1v) is 9.31. The molecule has 1 aliphatic rings. The molecule has 0 bridgehead atoms. The van der Waals surface area contributed by atoms with Crippen molar-refractivity contribution in [3.8, 4) is 5.75 Å². The minimum atomic E-state index is -0.445. The number of non-ortho nitro benzene ring substituents is 1. The van der Waals surface area contributed by atoms with Crippen molar-refractivity contribution in [2.75, 3.05) is 19.9 Å². The Hall–Kier alpha value is -3.04. The molecular formula is C20H23FN3O5+. The Bertz CT molecular complexity index is 888. The van der Waals surface area contributed by atoms with Crippen molar-refractivity contribution in [1.29, 1.82) is 0 Å². The van der Waals surface area contributed by atoms with Gasteiger partial charge in [-0.1, -0.05) is 12.1 Å². The number of rotatable bonds is 8. The molecule has 2 aromatic rings. The number of nitro benzene ring substituents is 1. The average Bonchev–Trinajstić information content (AvgIpc) is 2.72. The number of benzene rings is 2. The lowest BCUT2D eigenvalue weighted by atomic mass is 10.1. The standard InChI is InChI=1S/C20H22FN3O5/c1-2-23(11-19(25)22-9-14-3-5-17(21)6-4-14)10-15-7-18(24(26)27)8-16-12-28-13-29-20(15)16/h3-8H,2,9-13H2,1H3,(H,22,25)/p+1. The molecule has 1 aliphatic heterocycles. The first-order valence-electron chi connectivity index (χ1n) is 9.31. The minimum absolute atomic E-state index is 0.0240. The van der Waals surface area contributed by atoms with Crippen LogP contribution in [0.15, 0.2) is 36.4 Å². The molecule has 29 heavy (non-hydrogen) atoms. The lowest BCUT2D eigenvalue weighted by Gasteiger charge is -2.23. The molecule has 0 saturated carbocycles. The van der Waals surface area contributed by atoms with Gasteiger partial charge in [0.1, 0.15) is 18.1 Å². The summed E-state index contributed by atoms with van der Waals surface area (Å²) in [5, 5.41) is 14.1. The van der Waals surface area contributed by atoms with Crippen molar-refractivity contribution in [1.82, 2.24) is 5.32 Å². The first-order chi connectivity index (χ1) is 14.0. The quantitative estimate of drug-likeness (QED) is 0.511. The number of fused-ring (bicyclic) bond motifs is 1. The van der Waals surface area contributed by atoms with Crippen molar-refractivity contribution < 1.29 is 28.5 Å². The van der Waals surface area contributed by atoms with E-state index in [1.807, 2.05) is 6.92 Å². The van der Waals surface area contributed by atoms with E-state index in [1.54, 1.807) is 12.1 Å². The molecule has 1 heterocycles.